The molecule has 0 bridgehead atoms. The number of rotatable bonds is 6. The molecule has 110 valence electrons. The molecule has 0 aliphatic carbocycles. The van der Waals surface area contributed by atoms with Crippen LogP contribution in [0.4, 0.5) is 0 Å². The maximum absolute atomic E-state index is 12.5. The van der Waals surface area contributed by atoms with Crippen molar-refractivity contribution < 1.29 is 18.8 Å². The van der Waals surface area contributed by atoms with Crippen LogP contribution in [0.5, 0.6) is 0 Å². The Labute approximate surface area is 121 Å². The predicted octanol–water partition coefficient (Wildman–Crippen LogP) is 3.48. The average Bonchev–Trinajstić information content (AvgIpc) is 2.36. The monoisotopic (exact) mass is 297 g/mol. The largest absolute Gasteiger partial charge is 0.459 e. The van der Waals surface area contributed by atoms with Gasteiger partial charge in [-0.25, -0.2) is 4.79 Å². The molecule has 0 N–H and O–H groups in total. The lowest BCUT2D eigenvalue weighted by Crippen LogP contribution is -2.21. The second-order valence-corrected chi connectivity index (χ2v) is 6.94. The van der Waals surface area contributed by atoms with Gasteiger partial charge in [-0.15, -0.1) is 0 Å². The van der Waals surface area contributed by atoms with Gasteiger partial charge in [0.1, 0.15) is 5.56 Å². The van der Waals surface area contributed by atoms with Crippen LogP contribution < -0.4 is 5.30 Å². The van der Waals surface area contributed by atoms with E-state index in [4.69, 9.17) is 9.47 Å². The first-order valence-electron chi connectivity index (χ1n) is 6.74. The molecule has 1 aromatic carbocycles. The molecule has 0 aliphatic rings. The van der Waals surface area contributed by atoms with Crippen LogP contribution in [-0.2, 0) is 14.0 Å². The Balaban J connectivity index is 3.00. The minimum absolute atomic E-state index is 0.0151. The van der Waals surface area contributed by atoms with Crippen molar-refractivity contribution in [1.82, 2.24) is 0 Å². The van der Waals surface area contributed by atoms with E-state index in [0.717, 1.165) is 0 Å². The van der Waals surface area contributed by atoms with Crippen LogP contribution in [0.25, 0.3) is 0 Å². The molecule has 0 fully saturated rings. The quantitative estimate of drug-likeness (QED) is 0.596. The highest BCUT2D eigenvalue weighted by Crippen LogP contribution is 2.30. The minimum atomic E-state index is -1.82. The molecule has 2 unspecified atom stereocenters. The van der Waals surface area contributed by atoms with Crippen molar-refractivity contribution in [2.24, 2.45) is 0 Å². The third kappa shape index (κ3) is 4.69. The van der Waals surface area contributed by atoms with E-state index in [-0.39, 0.29) is 12.2 Å². The third-order valence-electron chi connectivity index (χ3n) is 2.50. The average molecular weight is 297 g/mol. The summed E-state index contributed by atoms with van der Waals surface area (Å²) in [5.41, 5.74) is 0.349. The van der Waals surface area contributed by atoms with Crippen molar-refractivity contribution in [2.75, 3.05) is 0 Å². The van der Waals surface area contributed by atoms with Gasteiger partial charge in [-0.1, -0.05) is 16.7 Å². The van der Waals surface area contributed by atoms with E-state index in [2.05, 4.69) is 0 Å². The Kier molecular flexibility index (Phi) is 6.31. The molecule has 20 heavy (non-hydrogen) atoms. The van der Waals surface area contributed by atoms with Gasteiger partial charge in [-0.3, -0.25) is 0 Å². The van der Waals surface area contributed by atoms with Crippen LogP contribution >= 0.6 is 7.80 Å². The van der Waals surface area contributed by atoms with E-state index >= 15 is 0 Å². The Bertz CT molecular complexity index is 483. The number of carbonyl (C=O) groups is 1. The van der Waals surface area contributed by atoms with Gasteiger partial charge in [0.05, 0.1) is 12.2 Å². The zero-order valence-electron chi connectivity index (χ0n) is 12.6. The van der Waals surface area contributed by atoms with Crippen LogP contribution in [0.15, 0.2) is 24.3 Å². The van der Waals surface area contributed by atoms with E-state index in [1.165, 1.54) is 0 Å². The molecular weight excluding hydrogens is 275 g/mol. The highest BCUT2D eigenvalue weighted by atomic mass is 31.1. The third-order valence-corrected chi connectivity index (χ3v) is 4.15. The fraction of sp³-hybridized carbons (Fsp3) is 0.533. The molecule has 4 nitrogen and oxygen atoms in total. The second kappa shape index (κ2) is 7.51. The van der Waals surface area contributed by atoms with Crippen LogP contribution in [0, 0.1) is 0 Å². The molecule has 1 rings (SSSR count). The summed E-state index contributed by atoms with van der Waals surface area (Å²) in [6.07, 6.45) is -0.225. The number of ether oxygens (including phenoxy) is 2. The second-order valence-electron chi connectivity index (χ2n) is 5.08. The van der Waals surface area contributed by atoms with Crippen LogP contribution in [-0.4, -0.2) is 24.0 Å². The Morgan fingerprint density at radius 3 is 2.20 bits per heavy atom. The summed E-state index contributed by atoms with van der Waals surface area (Å²) in [6.45, 7) is 9.09. The van der Waals surface area contributed by atoms with Crippen molar-refractivity contribution >= 4 is 19.1 Å². The van der Waals surface area contributed by atoms with Gasteiger partial charge in [0.25, 0.3) is 5.85 Å². The first kappa shape index (κ1) is 16.8. The number of carbonyl (C=O) groups excluding carboxylic acids is 1. The Morgan fingerprint density at radius 2 is 1.65 bits per heavy atom. The number of hydrogen-bond donors (Lipinski definition) is 0. The van der Waals surface area contributed by atoms with Crippen LogP contribution in [0.1, 0.15) is 45.0 Å². The first-order chi connectivity index (χ1) is 9.32. The van der Waals surface area contributed by atoms with Gasteiger partial charge in [0, 0.05) is 6.92 Å². The molecule has 1 aromatic rings. The molecule has 0 aliphatic heterocycles. The van der Waals surface area contributed by atoms with Crippen molar-refractivity contribution in [3.05, 3.63) is 29.8 Å². The summed E-state index contributed by atoms with van der Waals surface area (Å²) in [6, 6.07) is 6.82. The fourth-order valence-corrected chi connectivity index (χ4v) is 3.14. The maximum atomic E-state index is 12.5. The van der Waals surface area contributed by atoms with Crippen molar-refractivity contribution in [2.45, 2.75) is 52.7 Å². The predicted molar refractivity (Wildman–Crippen MR) is 79.9 cm³/mol. The van der Waals surface area contributed by atoms with E-state index in [9.17, 15) is 9.36 Å². The van der Waals surface area contributed by atoms with Crippen LogP contribution in [0.3, 0.4) is 0 Å². The summed E-state index contributed by atoms with van der Waals surface area (Å²) in [7, 11) is -1.82. The maximum Gasteiger partial charge on any atom is 0.409 e. The molecule has 0 aromatic heterocycles. The molecule has 0 spiro atoms. The zero-order valence-corrected chi connectivity index (χ0v) is 13.5. The summed E-state index contributed by atoms with van der Waals surface area (Å²) in [4.78, 5) is 12.0. The lowest BCUT2D eigenvalue weighted by Gasteiger charge is -2.10. The van der Waals surface area contributed by atoms with Gasteiger partial charge in [-0.2, -0.15) is 0 Å². The zero-order chi connectivity index (χ0) is 15.3. The normalized spacial score (nSPS) is 13.4. The molecular formula is C15H22O4P+. The summed E-state index contributed by atoms with van der Waals surface area (Å²) in [5, 5.41) is 0.487. The van der Waals surface area contributed by atoms with Gasteiger partial charge < -0.3 is 9.47 Å². The van der Waals surface area contributed by atoms with Crippen LogP contribution in [0.2, 0.25) is 0 Å². The lowest BCUT2D eigenvalue weighted by atomic mass is 10.2. The van der Waals surface area contributed by atoms with E-state index in [1.807, 2.05) is 13.8 Å². The molecule has 5 heteroatoms. The Morgan fingerprint density at radius 1 is 1.05 bits per heavy atom. The Hall–Kier alpha value is -1.25. The molecule has 0 saturated heterocycles. The number of hydrogen-bond acceptors (Lipinski definition) is 4. The summed E-state index contributed by atoms with van der Waals surface area (Å²) in [5.74, 6) is -0.895. The van der Waals surface area contributed by atoms with E-state index in [1.54, 1.807) is 45.0 Å². The molecule has 2 atom stereocenters. The van der Waals surface area contributed by atoms with Gasteiger partial charge >= 0.3 is 13.8 Å². The topological polar surface area (TPSA) is 52.6 Å². The highest BCUT2D eigenvalue weighted by molar-refractivity contribution is 7.54. The molecule has 0 radical (unpaired) electrons. The minimum Gasteiger partial charge on any atom is -0.459 e. The summed E-state index contributed by atoms with van der Waals surface area (Å²) < 4.78 is 23.2. The van der Waals surface area contributed by atoms with E-state index in [0.29, 0.717) is 10.9 Å². The first-order valence-corrected chi connectivity index (χ1v) is 8.07. The summed E-state index contributed by atoms with van der Waals surface area (Å²) >= 11 is 0. The highest BCUT2D eigenvalue weighted by Gasteiger charge is 2.34. The van der Waals surface area contributed by atoms with Crippen molar-refractivity contribution in [3.8, 4) is 0 Å². The lowest BCUT2D eigenvalue weighted by molar-refractivity contribution is 0.0379. The molecule has 0 amide bonds. The number of benzene rings is 1. The van der Waals surface area contributed by atoms with E-state index < -0.39 is 19.6 Å². The standard InChI is InChI=1S/C15H22O4P/c1-10(2)18-12(5)20(17)14-9-7-6-8-13(14)15(16)19-11(3)4/h6-12H,1-5H3/q+1. The fourth-order valence-electron chi connectivity index (χ4n) is 1.76. The molecule has 0 saturated carbocycles. The smallest absolute Gasteiger partial charge is 0.409 e. The van der Waals surface area contributed by atoms with Crippen molar-refractivity contribution in [3.63, 3.8) is 0 Å². The van der Waals surface area contributed by atoms with Crippen molar-refractivity contribution in [1.29, 1.82) is 0 Å². The SMILES string of the molecule is CC(C)OC(=O)c1ccccc1[P+](=O)C(C)OC(C)C. The number of esters is 1. The molecule has 0 heterocycles. The van der Waals surface area contributed by atoms with Gasteiger partial charge in [-0.05, 0) is 39.8 Å². The van der Waals surface area contributed by atoms with Gasteiger partial charge in [0.2, 0.25) is 5.30 Å². The van der Waals surface area contributed by atoms with Gasteiger partial charge in [0.15, 0.2) is 0 Å².